The zero-order chi connectivity index (χ0) is 70.2. The van der Waals surface area contributed by atoms with E-state index in [2.05, 4.69) is 125 Å². The van der Waals surface area contributed by atoms with Crippen LogP contribution in [-0.2, 0) is 10.8 Å². The molecule has 10 heterocycles. The molecule has 10 nitrogen and oxygen atoms in total. The van der Waals surface area contributed by atoms with Crippen molar-refractivity contribution in [3.05, 3.63) is 190 Å². The van der Waals surface area contributed by atoms with Gasteiger partial charge < -0.3 is 18.9 Å². The van der Waals surface area contributed by atoms with Gasteiger partial charge in [-0.3, -0.25) is 9.59 Å². The third kappa shape index (κ3) is 12.1. The maximum atomic E-state index is 14.5. The highest BCUT2D eigenvalue weighted by molar-refractivity contribution is 7.31. The maximum absolute atomic E-state index is 14.5. The van der Waals surface area contributed by atoms with E-state index in [-0.39, 0.29) is 22.7 Å². The molecule has 102 heavy (non-hydrogen) atoms. The molecule has 0 amide bonds. The van der Waals surface area contributed by atoms with Gasteiger partial charge in [0.2, 0.25) is 0 Å². The highest BCUT2D eigenvalue weighted by Crippen LogP contribution is 2.70. The Morgan fingerprint density at radius 2 is 0.716 bits per heavy atom. The molecule has 4 aliphatic rings. The summed E-state index contributed by atoms with van der Waals surface area (Å²) in [6.45, 7) is 11.3. The zero-order valence-corrected chi connectivity index (χ0v) is 65.0. The van der Waals surface area contributed by atoms with Gasteiger partial charge in [-0.25, -0.2) is 0 Å². The molecule has 514 valence electrons. The van der Waals surface area contributed by atoms with Crippen LogP contribution >= 0.6 is 113 Å². The number of Topliss-reactive ketones (excluding diaryl/α,β-unsaturated/α-hetero) is 2. The van der Waals surface area contributed by atoms with E-state index in [1.807, 2.05) is 33.7 Å². The van der Waals surface area contributed by atoms with Crippen molar-refractivity contribution in [1.82, 2.24) is 0 Å². The number of carbonyl (C=O) groups excluding carboxylic acids is 2. The van der Waals surface area contributed by atoms with Crippen LogP contribution in [0.3, 0.4) is 0 Å². The highest BCUT2D eigenvalue weighted by Gasteiger charge is 2.56. The molecule has 0 saturated carbocycles. The molecule has 1 aromatic carbocycles. The lowest BCUT2D eigenvalue weighted by molar-refractivity contribution is 0.103. The van der Waals surface area contributed by atoms with Crippen molar-refractivity contribution in [3.8, 4) is 65.4 Å². The second-order valence-electron chi connectivity index (χ2n) is 26.0. The van der Waals surface area contributed by atoms with Crippen molar-refractivity contribution >= 4 is 167 Å². The van der Waals surface area contributed by atoms with E-state index in [4.69, 9.17) is 18.9 Å². The summed E-state index contributed by atoms with van der Waals surface area (Å²) in [4.78, 5) is 37.4. The number of carbonyl (C=O) groups is 2. The molecule has 0 atom stereocenters. The number of nitriles is 4. The summed E-state index contributed by atoms with van der Waals surface area (Å²) in [6, 6.07) is 35.6. The topological polar surface area (TPSA) is 166 Å². The number of allylic oxidation sites excluding steroid dienone is 6. The Labute approximate surface area is 634 Å². The number of ether oxygens (including phenoxy) is 4. The molecular formula is C82H70N4O6S10. The quantitative estimate of drug-likeness (QED) is 0.0240. The second-order valence-corrected chi connectivity index (χ2v) is 35.9. The molecule has 0 spiro atoms. The Hall–Kier alpha value is -7.80. The molecule has 0 saturated heterocycles. The average Bonchev–Trinajstić information content (AvgIpc) is 1.49. The zero-order valence-electron chi connectivity index (χ0n) is 56.9. The number of rotatable bonds is 30. The molecule has 15 rings (SSSR count). The third-order valence-corrected chi connectivity index (χ3v) is 30.4. The van der Waals surface area contributed by atoms with Gasteiger partial charge in [-0.2, -0.15) is 43.7 Å². The second kappa shape index (κ2) is 30.1. The molecule has 11 aromatic rings. The Bertz CT molecular complexity index is 4940. The molecule has 0 bridgehead atoms. The van der Waals surface area contributed by atoms with Crippen molar-refractivity contribution in [2.75, 3.05) is 26.4 Å². The largest absolute Gasteiger partial charge is 0.484 e. The van der Waals surface area contributed by atoms with Crippen LogP contribution in [0.25, 0.3) is 63.0 Å². The van der Waals surface area contributed by atoms with Crippen molar-refractivity contribution in [2.24, 2.45) is 0 Å². The number of ketones is 2. The monoisotopic (exact) mass is 1530 g/mol. The molecule has 4 aliphatic carbocycles. The molecule has 0 radical (unpaired) electrons. The number of unbranched alkanes of at least 4 members (excludes halogenated alkanes) is 12. The van der Waals surface area contributed by atoms with Gasteiger partial charge in [-0.05, 0) is 144 Å². The molecule has 0 aliphatic heterocycles. The van der Waals surface area contributed by atoms with Gasteiger partial charge in [-0.1, -0.05) is 105 Å². The fraction of sp³-hybridized carbons (Fsp3) is 0.317. The predicted octanol–water partition coefficient (Wildman–Crippen LogP) is 25.3. The van der Waals surface area contributed by atoms with Crippen molar-refractivity contribution in [3.63, 3.8) is 0 Å². The summed E-state index contributed by atoms with van der Waals surface area (Å²) in [6.07, 6.45) is 21.1. The molecule has 0 unspecified atom stereocenters. The van der Waals surface area contributed by atoms with E-state index in [0.29, 0.717) is 71.0 Å². The number of thiophene rings is 10. The van der Waals surface area contributed by atoms with Crippen LogP contribution in [0.2, 0.25) is 0 Å². The summed E-state index contributed by atoms with van der Waals surface area (Å²) in [7, 11) is 0. The number of hydrogen-bond acceptors (Lipinski definition) is 20. The van der Waals surface area contributed by atoms with E-state index in [1.165, 1.54) is 22.7 Å². The van der Waals surface area contributed by atoms with Crippen LogP contribution in [0, 0.1) is 45.3 Å². The molecule has 0 N–H and O–H groups in total. The molecule has 0 fully saturated rings. The minimum atomic E-state index is -0.918. The number of hydrogen-bond donors (Lipinski definition) is 0. The summed E-state index contributed by atoms with van der Waals surface area (Å²) < 4.78 is 31.4. The van der Waals surface area contributed by atoms with Gasteiger partial charge in [0.1, 0.15) is 35.4 Å². The summed E-state index contributed by atoms with van der Waals surface area (Å²) in [5.74, 6) is -0.392. The van der Waals surface area contributed by atoms with Crippen molar-refractivity contribution < 1.29 is 28.5 Å². The molecule has 20 heteroatoms. The summed E-state index contributed by atoms with van der Waals surface area (Å²) in [5.41, 5.74) is 8.56. The van der Waals surface area contributed by atoms with Crippen molar-refractivity contribution in [2.45, 2.75) is 141 Å². The predicted molar refractivity (Wildman–Crippen MR) is 427 cm³/mol. The lowest BCUT2D eigenvalue weighted by Crippen LogP contribution is -2.27. The van der Waals surface area contributed by atoms with Gasteiger partial charge >= 0.3 is 0 Å². The fourth-order valence-corrected chi connectivity index (χ4v) is 26.5. The van der Waals surface area contributed by atoms with Gasteiger partial charge in [0, 0.05) is 115 Å². The highest BCUT2D eigenvalue weighted by atomic mass is 32.1. The van der Waals surface area contributed by atoms with Crippen LogP contribution < -0.4 is 18.9 Å². The van der Waals surface area contributed by atoms with Gasteiger partial charge in [0.15, 0.2) is 31.8 Å². The molecular weight excluding hydrogens is 1460 g/mol. The number of nitrogens with zero attached hydrogens (tertiary/aromatic N) is 4. The van der Waals surface area contributed by atoms with Crippen LogP contribution in [0.4, 0.5) is 0 Å². The average molecular weight is 1530 g/mol. The van der Waals surface area contributed by atoms with Gasteiger partial charge in [0.25, 0.3) is 0 Å². The molecule has 10 aromatic heterocycles. The van der Waals surface area contributed by atoms with Crippen LogP contribution in [0.15, 0.2) is 117 Å². The van der Waals surface area contributed by atoms with E-state index in [1.54, 1.807) is 90.7 Å². The first kappa shape index (κ1) is 69.9. The normalized spacial score (nSPS) is 15.0. The van der Waals surface area contributed by atoms with Crippen molar-refractivity contribution in [1.29, 1.82) is 21.0 Å². The summed E-state index contributed by atoms with van der Waals surface area (Å²) in [5, 5.41) is 52.2. The van der Waals surface area contributed by atoms with Crippen LogP contribution in [-0.4, -0.2) is 38.0 Å². The Morgan fingerprint density at radius 1 is 0.392 bits per heavy atom. The van der Waals surface area contributed by atoms with E-state index in [9.17, 15) is 30.6 Å². The van der Waals surface area contributed by atoms with Gasteiger partial charge in [-0.15, -0.1) is 90.7 Å². The summed E-state index contributed by atoms with van der Waals surface area (Å²) >= 11 is 16.4. The van der Waals surface area contributed by atoms with Gasteiger partial charge in [0.05, 0.1) is 46.7 Å². The van der Waals surface area contributed by atoms with Crippen LogP contribution in [0.1, 0.15) is 214 Å². The lowest BCUT2D eigenvalue weighted by atomic mass is 9.73. The van der Waals surface area contributed by atoms with E-state index < -0.39 is 10.8 Å². The first-order valence-electron chi connectivity index (χ1n) is 35.1. The van der Waals surface area contributed by atoms with E-state index in [0.717, 1.165) is 214 Å². The minimum Gasteiger partial charge on any atom is -0.484 e. The standard InChI is InChI=1S/C82H70N4O6S10/c1-5-9-13-17-29-89-67-25-21-63(99-67)81(64-22-26-68(100-64)90-30-18-14-10-6-2)59-37-52-60(38-51(59)77-73(81)79-61(97-77)35-49(95-79)33-53-71(47(39-83)40-84)55-43-93-45-57(55)75(53)87)82(65-23-27-69(101-65)91-31-19-15-11-7-3,66-24-28-70(102-66)92-32-20-16-12-8-4)74-78(52)98-62-36-50(96-80(62)74)34-54-72(48(41-85)42-86)56-44-94-46-58(56)76(54)88/h21-28,33-38,43-46H,5-20,29-32H2,1-4H3/b53-33-,54-34-. The Kier molecular flexibility index (Phi) is 20.6. The lowest BCUT2D eigenvalue weighted by Gasteiger charge is -2.32. The Morgan fingerprint density at radius 3 is 1.03 bits per heavy atom. The Balaban J connectivity index is 0.993. The first-order valence-corrected chi connectivity index (χ1v) is 43.5. The maximum Gasteiger partial charge on any atom is 0.195 e. The SMILES string of the molecule is CCCCCCOc1ccc(C2(c3ccc(OCCCCCC)s3)c3cc4c(cc3-c3sc5cc(/C=C6\C(=O)c7cscc7C6=C(C#N)C#N)sc5c32)C(c2ccc(OCCCCCC)s2)(c2ccc(OCCCCCC)s2)c2c-4sc3cc(/C=C4\C(=O)c5cscc5C4=C(C#N)C#N)sc23)s1. The first-order chi connectivity index (χ1) is 50.1. The minimum absolute atomic E-state index is 0.0863. The fourth-order valence-electron chi connectivity index (χ4n) is 14.9. The number of fused-ring (bicyclic) bond motifs is 12. The van der Waals surface area contributed by atoms with Crippen LogP contribution in [0.5, 0.6) is 20.3 Å². The van der Waals surface area contributed by atoms with E-state index >= 15 is 0 Å². The number of benzene rings is 1. The smallest absolute Gasteiger partial charge is 0.195 e. The third-order valence-electron chi connectivity index (χ3n) is 19.6.